The van der Waals surface area contributed by atoms with Gasteiger partial charge in [-0.25, -0.2) is 4.57 Å². The van der Waals surface area contributed by atoms with Crippen molar-refractivity contribution >= 4 is 13.6 Å². The van der Waals surface area contributed by atoms with E-state index in [4.69, 9.17) is 9.26 Å². The molecule has 8 heteroatoms. The van der Waals surface area contributed by atoms with Crippen LogP contribution in [-0.4, -0.2) is 54.7 Å². The first-order valence-electron chi connectivity index (χ1n) is 6.25. The van der Waals surface area contributed by atoms with Crippen LogP contribution in [0.15, 0.2) is 0 Å². The number of hydrogen-bond donors (Lipinski definition) is 1. The number of ether oxygens (including phenoxy) is 1. The number of carbonyl (C=O) groups is 1. The minimum absolute atomic E-state index is 0.0828. The molecule has 0 spiro atoms. The maximum absolute atomic E-state index is 12.5. The number of methoxy groups -OCH3 is 1. The number of piperidine rings is 3. The number of Topliss-reactive ketones (excluding diaryl/α,β-unsaturated/α-hetero) is 1. The van der Waals surface area contributed by atoms with Crippen LogP contribution in [0.2, 0.25) is 0 Å². The summed E-state index contributed by atoms with van der Waals surface area (Å²) in [5, 5.41) is 0. The summed E-state index contributed by atoms with van der Waals surface area (Å²) in [4.78, 5) is 23.9. The van der Waals surface area contributed by atoms with Crippen molar-refractivity contribution in [3.63, 3.8) is 0 Å². The molecule has 3 saturated heterocycles. The van der Waals surface area contributed by atoms with Crippen LogP contribution in [0.4, 0.5) is 0 Å². The molecule has 5 atom stereocenters. The molecule has 3 aliphatic heterocycles. The van der Waals surface area contributed by atoms with Crippen LogP contribution < -0.4 is 0 Å². The minimum atomic E-state index is -4.27. The lowest BCUT2D eigenvalue weighted by Crippen LogP contribution is -2.70. The Kier molecular flexibility index (Phi) is 4.16. The van der Waals surface area contributed by atoms with Crippen LogP contribution in [0.3, 0.4) is 0 Å². The molecule has 3 unspecified atom stereocenters. The fraction of sp³-hybridized carbons (Fsp3) is 0.909. The zero-order chi connectivity index (χ0) is 14.3. The highest BCUT2D eigenvalue weighted by molar-refractivity contribution is 7.47. The van der Waals surface area contributed by atoms with Crippen molar-refractivity contribution in [2.45, 2.75) is 31.5 Å². The van der Waals surface area contributed by atoms with E-state index in [1.54, 1.807) is 4.90 Å². The molecule has 1 N–H and O–H groups in total. The van der Waals surface area contributed by atoms with Crippen LogP contribution in [0.1, 0.15) is 19.8 Å². The fourth-order valence-electron chi connectivity index (χ4n) is 3.11. The molecule has 7 nitrogen and oxygen atoms in total. The third kappa shape index (κ3) is 2.51. The molecule has 0 aromatic heterocycles. The molecule has 0 saturated carbocycles. The Balaban J connectivity index is 2.37. The molecule has 19 heavy (non-hydrogen) atoms. The van der Waals surface area contributed by atoms with Crippen molar-refractivity contribution in [3.8, 4) is 0 Å². The van der Waals surface area contributed by atoms with Crippen LogP contribution >= 0.6 is 7.82 Å². The van der Waals surface area contributed by atoms with Gasteiger partial charge in [0.1, 0.15) is 0 Å². The number of phosphoric acid groups is 1. The molecular weight excluding hydrogens is 273 g/mol. The van der Waals surface area contributed by atoms with Gasteiger partial charge in [-0.15, -0.1) is 0 Å². The summed E-state index contributed by atoms with van der Waals surface area (Å²) in [6.45, 7) is 2.53. The number of hydrogen-bond acceptors (Lipinski definition) is 6. The number of rotatable bonds is 5. The molecule has 110 valence electrons. The van der Waals surface area contributed by atoms with E-state index in [1.165, 1.54) is 7.11 Å². The number of nitrogens with zero attached hydrogens (tertiary/aromatic N) is 1. The number of fused-ring (bicyclic) bond motifs is 3. The van der Waals surface area contributed by atoms with Gasteiger partial charge in [0, 0.05) is 32.7 Å². The summed E-state index contributed by atoms with van der Waals surface area (Å²) in [6.07, 6.45) is 1.50. The summed E-state index contributed by atoms with van der Waals surface area (Å²) in [6, 6.07) is 0.100. The Morgan fingerprint density at radius 3 is 2.74 bits per heavy atom. The second-order valence-corrected chi connectivity index (χ2v) is 6.57. The standard InChI is InChI=1S/C11H20NO6P/c1-8-6-9-4-5-12(8)11(7-16-2,10(9)13)18-19(14,15)17-3/h8-9H,4-7H2,1-3H3,(H,14,15)/t8-,9?,11+/m1/s1. The molecule has 3 heterocycles. The highest BCUT2D eigenvalue weighted by Crippen LogP contribution is 2.52. The van der Waals surface area contributed by atoms with Gasteiger partial charge in [0.05, 0.1) is 6.61 Å². The lowest BCUT2D eigenvalue weighted by molar-refractivity contribution is -0.204. The summed E-state index contributed by atoms with van der Waals surface area (Å²) >= 11 is 0. The molecule has 3 aliphatic rings. The summed E-state index contributed by atoms with van der Waals surface area (Å²) < 4.78 is 26.5. The van der Waals surface area contributed by atoms with Crippen LogP contribution in [0.5, 0.6) is 0 Å². The SMILES string of the molecule is COC[C@]1(OP(=O)(O)OC)C(=O)C2CCN1[C@H](C)C2. The van der Waals surface area contributed by atoms with Gasteiger partial charge in [-0.2, -0.15) is 0 Å². The molecule has 3 rings (SSSR count). The van der Waals surface area contributed by atoms with Crippen molar-refractivity contribution < 1.29 is 28.0 Å². The first kappa shape index (κ1) is 15.1. The van der Waals surface area contributed by atoms with Gasteiger partial charge in [-0.3, -0.25) is 18.7 Å². The van der Waals surface area contributed by atoms with Gasteiger partial charge in [-0.1, -0.05) is 0 Å². The Bertz CT molecular complexity index is 416. The zero-order valence-electron chi connectivity index (χ0n) is 11.4. The summed E-state index contributed by atoms with van der Waals surface area (Å²) in [5.74, 6) is -0.336. The summed E-state index contributed by atoms with van der Waals surface area (Å²) in [7, 11) is -1.77. The Morgan fingerprint density at radius 2 is 2.21 bits per heavy atom. The van der Waals surface area contributed by atoms with E-state index in [-0.39, 0.29) is 24.3 Å². The second-order valence-electron chi connectivity index (χ2n) is 5.09. The second kappa shape index (κ2) is 5.24. The largest absolute Gasteiger partial charge is 0.474 e. The minimum Gasteiger partial charge on any atom is -0.380 e. The van der Waals surface area contributed by atoms with E-state index >= 15 is 0 Å². The molecule has 0 aromatic rings. The highest BCUT2D eigenvalue weighted by atomic mass is 31.2. The molecular formula is C11H20NO6P. The molecule has 0 amide bonds. The Labute approximate surface area is 112 Å². The van der Waals surface area contributed by atoms with Gasteiger partial charge in [-0.05, 0) is 19.8 Å². The lowest BCUT2D eigenvalue weighted by Gasteiger charge is -2.54. The predicted molar refractivity (Wildman–Crippen MR) is 66.4 cm³/mol. The maximum Gasteiger partial charge on any atom is 0.474 e. The molecule has 0 aromatic carbocycles. The molecule has 2 bridgehead atoms. The van der Waals surface area contributed by atoms with Gasteiger partial charge in [0.25, 0.3) is 0 Å². The van der Waals surface area contributed by atoms with Crippen molar-refractivity contribution in [1.82, 2.24) is 4.90 Å². The first-order chi connectivity index (χ1) is 8.86. The van der Waals surface area contributed by atoms with Gasteiger partial charge in [0.2, 0.25) is 5.72 Å². The average Bonchev–Trinajstić information content (AvgIpc) is 2.35. The maximum atomic E-state index is 12.5. The number of carbonyl (C=O) groups excluding carboxylic acids is 1. The zero-order valence-corrected chi connectivity index (χ0v) is 12.3. The van der Waals surface area contributed by atoms with Crippen molar-refractivity contribution in [3.05, 3.63) is 0 Å². The van der Waals surface area contributed by atoms with E-state index < -0.39 is 13.5 Å². The van der Waals surface area contributed by atoms with Crippen LogP contribution in [-0.2, 0) is 23.1 Å². The van der Waals surface area contributed by atoms with Crippen molar-refractivity contribution in [2.24, 2.45) is 5.92 Å². The topological polar surface area (TPSA) is 85.3 Å². The van der Waals surface area contributed by atoms with Gasteiger partial charge < -0.3 is 9.63 Å². The molecule has 0 radical (unpaired) electrons. The van der Waals surface area contributed by atoms with E-state index in [9.17, 15) is 14.3 Å². The fourth-order valence-corrected chi connectivity index (χ4v) is 3.81. The third-order valence-electron chi connectivity index (χ3n) is 3.93. The lowest BCUT2D eigenvalue weighted by atomic mass is 9.76. The van der Waals surface area contributed by atoms with E-state index in [2.05, 4.69) is 4.52 Å². The normalized spacial score (nSPS) is 41.3. The highest BCUT2D eigenvalue weighted by Gasteiger charge is 2.59. The average molecular weight is 293 g/mol. The monoisotopic (exact) mass is 293 g/mol. The van der Waals surface area contributed by atoms with E-state index in [1.807, 2.05) is 6.92 Å². The smallest absolute Gasteiger partial charge is 0.380 e. The molecule has 0 aliphatic carbocycles. The van der Waals surface area contributed by atoms with Crippen molar-refractivity contribution in [2.75, 3.05) is 27.4 Å². The first-order valence-corrected chi connectivity index (χ1v) is 7.75. The van der Waals surface area contributed by atoms with E-state index in [0.717, 1.165) is 20.0 Å². The van der Waals surface area contributed by atoms with Crippen molar-refractivity contribution in [1.29, 1.82) is 0 Å². The van der Waals surface area contributed by atoms with Gasteiger partial charge in [0.15, 0.2) is 5.78 Å². The number of phosphoric ester groups is 1. The Morgan fingerprint density at radius 1 is 1.53 bits per heavy atom. The Hall–Kier alpha value is -0.300. The van der Waals surface area contributed by atoms with Gasteiger partial charge >= 0.3 is 7.82 Å². The third-order valence-corrected chi connectivity index (χ3v) is 4.93. The van der Waals surface area contributed by atoms with Crippen LogP contribution in [0, 0.1) is 5.92 Å². The summed E-state index contributed by atoms with van der Waals surface area (Å²) in [5.41, 5.74) is -1.50. The quantitative estimate of drug-likeness (QED) is 0.749. The number of ketones is 1. The van der Waals surface area contributed by atoms with Crippen LogP contribution in [0.25, 0.3) is 0 Å². The molecule has 3 fully saturated rings. The van der Waals surface area contributed by atoms with E-state index in [0.29, 0.717) is 6.54 Å². The predicted octanol–water partition coefficient (Wildman–Crippen LogP) is 0.776.